The highest BCUT2D eigenvalue weighted by molar-refractivity contribution is 5.26. The number of halogens is 6. The Morgan fingerprint density at radius 3 is 2.00 bits per heavy atom. The van der Waals surface area contributed by atoms with Crippen LogP contribution in [0.2, 0.25) is 0 Å². The van der Waals surface area contributed by atoms with Gasteiger partial charge in [0, 0.05) is 12.6 Å². The number of hydrogen-bond donors (Lipinski definition) is 2. The number of hydrogen-bond acceptors (Lipinski definition) is 2. The highest BCUT2D eigenvalue weighted by Gasteiger charge is 2.31. The Kier molecular flexibility index (Phi) is 5.63. The molecule has 0 aliphatic carbocycles. The van der Waals surface area contributed by atoms with Crippen molar-refractivity contribution in [2.45, 2.75) is 37.8 Å². The van der Waals surface area contributed by atoms with E-state index >= 15 is 0 Å². The number of aliphatic hydroxyl groups is 1. The molecule has 1 aromatic rings. The van der Waals surface area contributed by atoms with Gasteiger partial charge in [0.15, 0.2) is 0 Å². The number of aliphatic hydroxyl groups excluding tert-OH is 1. The fourth-order valence-corrected chi connectivity index (χ4v) is 1.74. The molecule has 0 spiro atoms. The van der Waals surface area contributed by atoms with E-state index in [4.69, 9.17) is 0 Å². The summed E-state index contributed by atoms with van der Waals surface area (Å²) < 4.78 is 73.4. The van der Waals surface area contributed by atoms with Crippen LogP contribution in [0.5, 0.6) is 0 Å². The quantitative estimate of drug-likeness (QED) is 0.813. The first-order valence-electron chi connectivity index (χ1n) is 6.14. The van der Waals surface area contributed by atoms with Gasteiger partial charge in [-0.05, 0) is 24.6 Å². The van der Waals surface area contributed by atoms with Crippen molar-refractivity contribution in [3.05, 3.63) is 35.4 Å². The zero-order chi connectivity index (χ0) is 16.3. The summed E-state index contributed by atoms with van der Waals surface area (Å²) in [5.74, 6) is 0. The topological polar surface area (TPSA) is 32.3 Å². The van der Waals surface area contributed by atoms with E-state index in [-0.39, 0.29) is 12.1 Å². The SMILES string of the molecule is CC(CC(F)(F)F)NCC(O)c1ccc(C(F)(F)F)cc1. The molecule has 8 heteroatoms. The van der Waals surface area contributed by atoms with Crippen LogP contribution < -0.4 is 5.32 Å². The third kappa shape index (κ3) is 6.34. The molecule has 0 heterocycles. The van der Waals surface area contributed by atoms with Crippen molar-refractivity contribution in [3.8, 4) is 0 Å². The van der Waals surface area contributed by atoms with E-state index in [1.54, 1.807) is 0 Å². The molecule has 0 bridgehead atoms. The van der Waals surface area contributed by atoms with Crippen LogP contribution in [0.1, 0.15) is 30.6 Å². The Labute approximate surface area is 117 Å². The molecule has 21 heavy (non-hydrogen) atoms. The van der Waals surface area contributed by atoms with Crippen LogP contribution in [0.25, 0.3) is 0 Å². The number of nitrogens with one attached hydrogen (secondary N) is 1. The van der Waals surface area contributed by atoms with Crippen LogP contribution in [0.4, 0.5) is 26.3 Å². The molecule has 120 valence electrons. The van der Waals surface area contributed by atoms with Crippen LogP contribution in [0.3, 0.4) is 0 Å². The van der Waals surface area contributed by atoms with Crippen molar-refractivity contribution in [2.75, 3.05) is 6.54 Å². The maximum atomic E-state index is 12.4. The molecule has 1 rings (SSSR count). The second-order valence-corrected chi connectivity index (χ2v) is 4.76. The van der Waals surface area contributed by atoms with Gasteiger partial charge >= 0.3 is 12.4 Å². The molecule has 0 aliphatic heterocycles. The molecule has 2 N–H and O–H groups in total. The van der Waals surface area contributed by atoms with E-state index in [0.717, 1.165) is 24.3 Å². The van der Waals surface area contributed by atoms with E-state index < -0.39 is 36.5 Å². The lowest BCUT2D eigenvalue weighted by Crippen LogP contribution is -2.34. The molecule has 0 saturated heterocycles. The standard InChI is InChI=1S/C13H15F6NO/c1-8(6-12(14,15)16)20-7-11(21)9-2-4-10(5-3-9)13(17,18)19/h2-5,8,11,20-21H,6-7H2,1H3. The summed E-state index contributed by atoms with van der Waals surface area (Å²) in [5, 5.41) is 12.2. The Hall–Kier alpha value is -1.28. The van der Waals surface area contributed by atoms with Gasteiger partial charge in [-0.2, -0.15) is 26.3 Å². The fraction of sp³-hybridized carbons (Fsp3) is 0.538. The van der Waals surface area contributed by atoms with Crippen LogP contribution >= 0.6 is 0 Å². The van der Waals surface area contributed by atoms with Gasteiger partial charge in [0.2, 0.25) is 0 Å². The van der Waals surface area contributed by atoms with Gasteiger partial charge in [-0.3, -0.25) is 0 Å². The maximum absolute atomic E-state index is 12.4. The van der Waals surface area contributed by atoms with Crippen LogP contribution in [0, 0.1) is 0 Å². The molecule has 0 radical (unpaired) electrons. The lowest BCUT2D eigenvalue weighted by Gasteiger charge is -2.19. The first-order valence-corrected chi connectivity index (χ1v) is 6.14. The van der Waals surface area contributed by atoms with Gasteiger partial charge in [-0.1, -0.05) is 12.1 Å². The van der Waals surface area contributed by atoms with Crippen molar-refractivity contribution in [1.29, 1.82) is 0 Å². The van der Waals surface area contributed by atoms with E-state index in [0.29, 0.717) is 0 Å². The van der Waals surface area contributed by atoms with Crippen LogP contribution in [-0.2, 0) is 6.18 Å². The van der Waals surface area contributed by atoms with Crippen molar-refractivity contribution in [2.24, 2.45) is 0 Å². The zero-order valence-corrected chi connectivity index (χ0v) is 11.1. The minimum atomic E-state index is -4.47. The molecular weight excluding hydrogens is 300 g/mol. The molecule has 0 amide bonds. The Balaban J connectivity index is 2.54. The highest BCUT2D eigenvalue weighted by Crippen LogP contribution is 2.30. The van der Waals surface area contributed by atoms with E-state index in [1.807, 2.05) is 0 Å². The highest BCUT2D eigenvalue weighted by atomic mass is 19.4. The normalized spacial score (nSPS) is 15.8. The molecule has 1 aromatic carbocycles. The predicted octanol–water partition coefficient (Wildman–Crippen LogP) is 3.67. The van der Waals surface area contributed by atoms with Crippen molar-refractivity contribution in [3.63, 3.8) is 0 Å². The van der Waals surface area contributed by atoms with Gasteiger partial charge in [-0.25, -0.2) is 0 Å². The lowest BCUT2D eigenvalue weighted by atomic mass is 10.1. The molecule has 0 saturated carbocycles. The van der Waals surface area contributed by atoms with E-state index in [2.05, 4.69) is 5.32 Å². The van der Waals surface area contributed by atoms with Gasteiger partial charge < -0.3 is 10.4 Å². The lowest BCUT2D eigenvalue weighted by molar-refractivity contribution is -0.139. The number of rotatable bonds is 5. The van der Waals surface area contributed by atoms with Gasteiger partial charge in [-0.15, -0.1) is 0 Å². The summed E-state index contributed by atoms with van der Waals surface area (Å²) in [6, 6.07) is 2.94. The Morgan fingerprint density at radius 2 is 1.57 bits per heavy atom. The molecule has 2 atom stereocenters. The first kappa shape index (κ1) is 17.8. The first-order chi connectivity index (χ1) is 9.49. The predicted molar refractivity (Wildman–Crippen MR) is 64.5 cm³/mol. The van der Waals surface area contributed by atoms with Crippen LogP contribution in [0.15, 0.2) is 24.3 Å². The van der Waals surface area contributed by atoms with Gasteiger partial charge in [0.25, 0.3) is 0 Å². The van der Waals surface area contributed by atoms with Crippen LogP contribution in [-0.4, -0.2) is 23.9 Å². The summed E-state index contributed by atoms with van der Waals surface area (Å²) in [6.45, 7) is 1.13. The average Bonchev–Trinajstić information content (AvgIpc) is 2.33. The van der Waals surface area contributed by atoms with Gasteiger partial charge in [0.1, 0.15) is 0 Å². The summed E-state index contributed by atoms with van der Waals surface area (Å²) in [4.78, 5) is 0. The monoisotopic (exact) mass is 315 g/mol. The van der Waals surface area contributed by atoms with E-state index in [1.165, 1.54) is 6.92 Å². The maximum Gasteiger partial charge on any atom is 0.416 e. The Bertz CT molecular complexity index is 439. The summed E-state index contributed by atoms with van der Waals surface area (Å²) >= 11 is 0. The minimum absolute atomic E-state index is 0.178. The molecular formula is C13H15F6NO. The third-order valence-corrected chi connectivity index (χ3v) is 2.82. The third-order valence-electron chi connectivity index (χ3n) is 2.82. The molecule has 0 aromatic heterocycles. The molecule has 2 nitrogen and oxygen atoms in total. The largest absolute Gasteiger partial charge is 0.416 e. The molecule has 2 unspecified atom stereocenters. The molecule has 0 fully saturated rings. The molecule has 0 aliphatic rings. The van der Waals surface area contributed by atoms with E-state index in [9.17, 15) is 31.4 Å². The summed E-state index contributed by atoms with van der Waals surface area (Å²) in [6.07, 6.45) is -11.0. The van der Waals surface area contributed by atoms with Gasteiger partial charge in [0.05, 0.1) is 18.1 Å². The smallest absolute Gasteiger partial charge is 0.387 e. The average molecular weight is 315 g/mol. The van der Waals surface area contributed by atoms with Crippen molar-refractivity contribution >= 4 is 0 Å². The number of benzene rings is 1. The Morgan fingerprint density at radius 1 is 1.05 bits per heavy atom. The zero-order valence-electron chi connectivity index (χ0n) is 11.1. The summed E-state index contributed by atoms with van der Waals surface area (Å²) in [7, 11) is 0. The minimum Gasteiger partial charge on any atom is -0.387 e. The second kappa shape index (κ2) is 6.65. The van der Waals surface area contributed by atoms with Crippen molar-refractivity contribution < 1.29 is 31.4 Å². The number of alkyl halides is 6. The fourth-order valence-electron chi connectivity index (χ4n) is 1.74. The second-order valence-electron chi connectivity index (χ2n) is 4.76. The summed E-state index contributed by atoms with van der Waals surface area (Å²) in [5.41, 5.74) is -0.647. The van der Waals surface area contributed by atoms with Crippen molar-refractivity contribution in [1.82, 2.24) is 5.32 Å².